The normalized spacial score (nSPS) is 11.7. The Morgan fingerprint density at radius 1 is 1.35 bits per heavy atom. The van der Waals surface area contributed by atoms with E-state index in [-0.39, 0.29) is 22.9 Å². The summed E-state index contributed by atoms with van der Waals surface area (Å²) in [5.41, 5.74) is 2.01. The SMILES string of the molecule is CCOc1cc(C=C(CC(=O)O)c2nc3ccccc3s2)cc(Cl)c1O. The molecule has 2 N–H and O–H groups in total. The molecule has 0 amide bonds. The van der Waals surface area contributed by atoms with Gasteiger partial charge in [-0.25, -0.2) is 4.98 Å². The molecule has 5 nitrogen and oxygen atoms in total. The number of benzene rings is 2. The summed E-state index contributed by atoms with van der Waals surface area (Å²) in [5.74, 6) is -0.832. The van der Waals surface area contributed by atoms with Crippen LogP contribution in [0.5, 0.6) is 11.5 Å². The first-order valence-corrected chi connectivity index (χ1v) is 9.11. The van der Waals surface area contributed by atoms with Gasteiger partial charge in [-0.15, -0.1) is 11.3 Å². The van der Waals surface area contributed by atoms with Crippen LogP contribution in [0, 0.1) is 0 Å². The monoisotopic (exact) mass is 389 g/mol. The van der Waals surface area contributed by atoms with Crippen molar-refractivity contribution in [3.63, 3.8) is 0 Å². The van der Waals surface area contributed by atoms with Crippen LogP contribution >= 0.6 is 22.9 Å². The largest absolute Gasteiger partial charge is 0.503 e. The van der Waals surface area contributed by atoms with Gasteiger partial charge in [0.1, 0.15) is 5.01 Å². The maximum absolute atomic E-state index is 11.3. The molecule has 7 heteroatoms. The van der Waals surface area contributed by atoms with Crippen molar-refractivity contribution < 1.29 is 19.7 Å². The molecule has 0 saturated carbocycles. The summed E-state index contributed by atoms with van der Waals surface area (Å²) in [6, 6.07) is 10.8. The van der Waals surface area contributed by atoms with Crippen molar-refractivity contribution in [3.8, 4) is 11.5 Å². The summed E-state index contributed by atoms with van der Waals surface area (Å²) >= 11 is 7.50. The number of hydrogen-bond donors (Lipinski definition) is 2. The number of carboxylic acids is 1. The van der Waals surface area contributed by atoms with E-state index in [0.29, 0.717) is 22.8 Å². The molecule has 0 fully saturated rings. The van der Waals surface area contributed by atoms with Gasteiger partial charge in [0.25, 0.3) is 0 Å². The molecule has 0 radical (unpaired) electrons. The van der Waals surface area contributed by atoms with E-state index in [1.165, 1.54) is 11.3 Å². The van der Waals surface area contributed by atoms with Crippen LogP contribution in [-0.4, -0.2) is 27.8 Å². The Morgan fingerprint density at radius 2 is 2.12 bits per heavy atom. The molecule has 2 aromatic carbocycles. The first-order valence-electron chi connectivity index (χ1n) is 7.91. The predicted molar refractivity (Wildman–Crippen MR) is 104 cm³/mol. The quantitative estimate of drug-likeness (QED) is 0.615. The van der Waals surface area contributed by atoms with E-state index >= 15 is 0 Å². The van der Waals surface area contributed by atoms with Crippen molar-refractivity contribution in [2.45, 2.75) is 13.3 Å². The summed E-state index contributed by atoms with van der Waals surface area (Å²) in [7, 11) is 0. The van der Waals surface area contributed by atoms with E-state index in [4.69, 9.17) is 16.3 Å². The number of fused-ring (bicyclic) bond motifs is 1. The van der Waals surface area contributed by atoms with E-state index < -0.39 is 5.97 Å². The number of carbonyl (C=O) groups is 1. The second-order valence-corrected chi connectivity index (χ2v) is 6.95. The highest BCUT2D eigenvalue weighted by molar-refractivity contribution is 7.19. The molecular weight excluding hydrogens is 374 g/mol. The number of thiazole rings is 1. The van der Waals surface area contributed by atoms with Gasteiger partial charge in [0.2, 0.25) is 0 Å². The summed E-state index contributed by atoms with van der Waals surface area (Å²) < 4.78 is 6.37. The zero-order valence-electron chi connectivity index (χ0n) is 13.9. The van der Waals surface area contributed by atoms with Crippen LogP contribution in [0.4, 0.5) is 0 Å². The maximum Gasteiger partial charge on any atom is 0.307 e. The zero-order valence-corrected chi connectivity index (χ0v) is 15.5. The molecule has 0 unspecified atom stereocenters. The number of aromatic hydroxyl groups is 1. The molecule has 134 valence electrons. The summed E-state index contributed by atoms with van der Waals surface area (Å²) in [4.78, 5) is 15.9. The van der Waals surface area contributed by atoms with Gasteiger partial charge in [0.05, 0.1) is 28.3 Å². The Hall–Kier alpha value is -2.57. The summed E-state index contributed by atoms with van der Waals surface area (Å²) in [6.07, 6.45) is 1.53. The second kappa shape index (κ2) is 7.76. The average Bonchev–Trinajstić information content (AvgIpc) is 3.02. The van der Waals surface area contributed by atoms with E-state index in [1.807, 2.05) is 24.3 Å². The molecule has 0 aliphatic rings. The molecule has 1 aromatic heterocycles. The Morgan fingerprint density at radius 3 is 2.81 bits per heavy atom. The molecule has 0 aliphatic heterocycles. The molecule has 3 rings (SSSR count). The lowest BCUT2D eigenvalue weighted by atomic mass is 10.1. The molecule has 0 spiro atoms. The number of hydrogen-bond acceptors (Lipinski definition) is 5. The molecule has 3 aromatic rings. The van der Waals surface area contributed by atoms with Gasteiger partial charge in [0, 0.05) is 0 Å². The average molecular weight is 390 g/mol. The van der Waals surface area contributed by atoms with Crippen molar-refractivity contribution >= 4 is 50.8 Å². The number of phenols is 1. The van der Waals surface area contributed by atoms with Gasteiger partial charge >= 0.3 is 5.97 Å². The molecule has 0 bridgehead atoms. The highest BCUT2D eigenvalue weighted by atomic mass is 35.5. The van der Waals surface area contributed by atoms with Gasteiger partial charge in [-0.05, 0) is 48.4 Å². The second-order valence-electron chi connectivity index (χ2n) is 5.51. The highest BCUT2D eigenvalue weighted by Gasteiger charge is 2.14. The van der Waals surface area contributed by atoms with Crippen molar-refractivity contribution in [1.29, 1.82) is 0 Å². The minimum absolute atomic E-state index is 0.134. The number of para-hydroxylation sites is 1. The third-order valence-electron chi connectivity index (χ3n) is 3.60. The third kappa shape index (κ3) is 3.98. The Balaban J connectivity index is 2.09. The third-order valence-corrected chi connectivity index (χ3v) is 5.00. The standard InChI is InChI=1S/C19H16ClNO4S/c1-2-25-15-9-11(8-13(20)18(15)24)7-12(10-17(22)23)19-21-14-5-3-4-6-16(14)26-19/h3-9,24H,2,10H2,1H3,(H,22,23). The van der Waals surface area contributed by atoms with Gasteiger partial charge in [-0.2, -0.15) is 0 Å². The number of carboxylic acid groups (broad SMARTS) is 1. The Kier molecular flexibility index (Phi) is 5.44. The van der Waals surface area contributed by atoms with Gasteiger partial charge in [-0.3, -0.25) is 4.79 Å². The lowest BCUT2D eigenvalue weighted by Crippen LogP contribution is -1.97. The minimum atomic E-state index is -0.953. The smallest absolute Gasteiger partial charge is 0.307 e. The van der Waals surface area contributed by atoms with E-state index in [2.05, 4.69) is 4.98 Å². The Labute approximate surface area is 159 Å². The van der Waals surface area contributed by atoms with Gasteiger partial charge < -0.3 is 14.9 Å². The molecule has 0 atom stereocenters. The first-order chi connectivity index (χ1) is 12.5. The van der Waals surface area contributed by atoms with Crippen LogP contribution in [0.25, 0.3) is 21.9 Å². The lowest BCUT2D eigenvalue weighted by Gasteiger charge is -2.09. The fourth-order valence-corrected chi connectivity index (χ4v) is 3.70. The van der Waals surface area contributed by atoms with Crippen LogP contribution in [0.2, 0.25) is 5.02 Å². The van der Waals surface area contributed by atoms with Crippen LogP contribution < -0.4 is 4.74 Å². The topological polar surface area (TPSA) is 79.7 Å². The molecule has 0 aliphatic carbocycles. The van der Waals surface area contributed by atoms with Crippen molar-refractivity contribution in [2.75, 3.05) is 6.61 Å². The Bertz CT molecular complexity index is 963. The molecule has 0 saturated heterocycles. The van der Waals surface area contributed by atoms with E-state index in [1.54, 1.807) is 25.1 Å². The number of halogens is 1. The predicted octanol–water partition coefficient (Wildman–Crippen LogP) is 5.07. The van der Waals surface area contributed by atoms with Crippen LogP contribution in [-0.2, 0) is 4.79 Å². The lowest BCUT2D eigenvalue weighted by molar-refractivity contribution is -0.135. The number of phenolic OH excluding ortho intramolecular Hbond substituents is 1. The molecular formula is C19H16ClNO4S. The number of aliphatic carboxylic acids is 1. The molecule has 26 heavy (non-hydrogen) atoms. The first kappa shape index (κ1) is 18.2. The number of aromatic nitrogens is 1. The van der Waals surface area contributed by atoms with Gasteiger partial charge in [-0.1, -0.05) is 23.7 Å². The van der Waals surface area contributed by atoms with Crippen LogP contribution in [0.15, 0.2) is 36.4 Å². The van der Waals surface area contributed by atoms with E-state index in [0.717, 1.165) is 10.2 Å². The highest BCUT2D eigenvalue weighted by Crippen LogP contribution is 2.37. The van der Waals surface area contributed by atoms with Crippen molar-refractivity contribution in [1.82, 2.24) is 4.98 Å². The van der Waals surface area contributed by atoms with Crippen LogP contribution in [0.3, 0.4) is 0 Å². The van der Waals surface area contributed by atoms with Gasteiger partial charge in [0.15, 0.2) is 11.5 Å². The van der Waals surface area contributed by atoms with Crippen molar-refractivity contribution in [3.05, 3.63) is 52.0 Å². The number of rotatable bonds is 6. The summed E-state index contributed by atoms with van der Waals surface area (Å²) in [6.45, 7) is 2.17. The fraction of sp³-hybridized carbons (Fsp3) is 0.158. The molecule has 1 heterocycles. The number of nitrogens with zero attached hydrogens (tertiary/aromatic N) is 1. The number of ether oxygens (including phenoxy) is 1. The minimum Gasteiger partial charge on any atom is -0.503 e. The zero-order chi connectivity index (χ0) is 18.7. The maximum atomic E-state index is 11.3. The van der Waals surface area contributed by atoms with Crippen LogP contribution in [0.1, 0.15) is 23.9 Å². The van der Waals surface area contributed by atoms with E-state index in [9.17, 15) is 15.0 Å². The summed E-state index contributed by atoms with van der Waals surface area (Å²) in [5, 5.41) is 20.0. The fourth-order valence-electron chi connectivity index (χ4n) is 2.50. The van der Waals surface area contributed by atoms with Crippen molar-refractivity contribution in [2.24, 2.45) is 0 Å².